The van der Waals surface area contributed by atoms with Gasteiger partial charge >= 0.3 is 5.97 Å². The number of carbonyl (C=O) groups is 2. The highest BCUT2D eigenvalue weighted by Crippen LogP contribution is 2.47. The van der Waals surface area contributed by atoms with Crippen molar-refractivity contribution in [1.29, 1.82) is 0 Å². The number of hydrogen-bond acceptors (Lipinski definition) is 9. The number of sulfone groups is 1. The van der Waals surface area contributed by atoms with Gasteiger partial charge in [0.1, 0.15) is 22.4 Å². The molecule has 1 amide bonds. The quantitative estimate of drug-likeness (QED) is 0.199. The number of nitro benzene ring substituents is 1. The second-order valence-corrected chi connectivity index (χ2v) is 11.5. The van der Waals surface area contributed by atoms with Crippen molar-refractivity contribution < 1.29 is 27.7 Å². The minimum absolute atomic E-state index is 0.115. The highest BCUT2D eigenvalue weighted by Gasteiger charge is 2.70. The van der Waals surface area contributed by atoms with Gasteiger partial charge in [-0.3, -0.25) is 19.6 Å². The van der Waals surface area contributed by atoms with Crippen LogP contribution in [-0.2, 0) is 37.3 Å². The van der Waals surface area contributed by atoms with Crippen LogP contribution in [0.15, 0.2) is 60.8 Å². The molecule has 2 aliphatic rings. The van der Waals surface area contributed by atoms with E-state index in [-0.39, 0.29) is 25.3 Å². The molecule has 0 aliphatic carbocycles. The van der Waals surface area contributed by atoms with Crippen LogP contribution in [0.3, 0.4) is 0 Å². The Morgan fingerprint density at radius 1 is 1.19 bits per heavy atom. The smallest absolute Gasteiger partial charge is 0.330 e. The Hall–Kier alpha value is -4.13. The Kier molecular flexibility index (Phi) is 5.58. The molecule has 3 heterocycles. The summed E-state index contributed by atoms with van der Waals surface area (Å²) in [6.45, 7) is 0.958. The molecular weight excluding hydrogens is 490 g/mol. The lowest BCUT2D eigenvalue weighted by Gasteiger charge is -2.36. The third-order valence-corrected chi connectivity index (χ3v) is 9.41. The van der Waals surface area contributed by atoms with E-state index in [1.165, 1.54) is 35.9 Å². The molecule has 2 saturated heterocycles. The first kappa shape index (κ1) is 23.6. The Balaban J connectivity index is 1.40. The van der Waals surface area contributed by atoms with E-state index >= 15 is 0 Å². The molecule has 0 spiro atoms. The molecule has 2 aromatic carbocycles. The van der Waals surface area contributed by atoms with E-state index in [9.17, 15) is 28.1 Å². The van der Waals surface area contributed by atoms with Gasteiger partial charge in [0.05, 0.1) is 24.1 Å². The zero-order valence-corrected chi connectivity index (χ0v) is 19.9. The van der Waals surface area contributed by atoms with Gasteiger partial charge in [0.15, 0.2) is 15.9 Å². The largest absolute Gasteiger partial charge is 0.459 e. The molecular formula is C23H21N5O7S. The third kappa shape index (κ3) is 3.71. The van der Waals surface area contributed by atoms with Crippen LogP contribution in [0.2, 0.25) is 0 Å². The fraction of sp³-hybridized carbons (Fsp3) is 0.304. The number of benzene rings is 2. The molecule has 36 heavy (non-hydrogen) atoms. The number of esters is 1. The van der Waals surface area contributed by atoms with E-state index in [4.69, 9.17) is 4.74 Å². The van der Waals surface area contributed by atoms with Crippen LogP contribution in [0.4, 0.5) is 5.69 Å². The summed E-state index contributed by atoms with van der Waals surface area (Å²) in [4.78, 5) is 36.9. The first-order chi connectivity index (χ1) is 17.1. The molecule has 3 aromatic rings. The average Bonchev–Trinajstić information content (AvgIpc) is 3.37. The number of amides is 1. The number of hydrogen-bond donors (Lipinski definition) is 0. The van der Waals surface area contributed by atoms with Crippen molar-refractivity contribution in [1.82, 2.24) is 19.9 Å². The van der Waals surface area contributed by atoms with Crippen molar-refractivity contribution in [3.8, 4) is 11.3 Å². The van der Waals surface area contributed by atoms with Crippen LogP contribution in [0.5, 0.6) is 0 Å². The maximum Gasteiger partial charge on any atom is 0.330 e. The van der Waals surface area contributed by atoms with Crippen molar-refractivity contribution in [3.05, 3.63) is 76.5 Å². The summed E-state index contributed by atoms with van der Waals surface area (Å²) >= 11 is 0. The predicted octanol–water partition coefficient (Wildman–Crippen LogP) is 1.71. The third-order valence-electron chi connectivity index (χ3n) is 6.65. The molecule has 1 aromatic heterocycles. The Morgan fingerprint density at radius 2 is 1.89 bits per heavy atom. The summed E-state index contributed by atoms with van der Waals surface area (Å²) < 4.78 is 32.0. The van der Waals surface area contributed by atoms with E-state index in [0.717, 1.165) is 10.5 Å². The van der Waals surface area contributed by atoms with Crippen LogP contribution in [0, 0.1) is 10.1 Å². The summed E-state index contributed by atoms with van der Waals surface area (Å²) in [5.41, 5.74) is 1.69. The van der Waals surface area contributed by atoms with Gasteiger partial charge in [-0.05, 0) is 24.6 Å². The summed E-state index contributed by atoms with van der Waals surface area (Å²) in [6.07, 6.45) is 1.39. The molecule has 2 fully saturated rings. The van der Waals surface area contributed by atoms with E-state index < -0.39 is 42.8 Å². The molecule has 3 atom stereocenters. The van der Waals surface area contributed by atoms with Gasteiger partial charge in [-0.1, -0.05) is 35.5 Å². The lowest BCUT2D eigenvalue weighted by atomic mass is 9.96. The number of carbonyl (C=O) groups excluding carboxylic acids is 2. The molecule has 0 unspecified atom stereocenters. The molecule has 186 valence electrons. The molecule has 2 aliphatic heterocycles. The standard InChI is InChI=1S/C23H21N5O7S/c1-23(14-26-12-18(24-25-26)16-5-3-2-4-6-16)21(27-19(29)11-20(27)36(23,33)34)22(30)35-13-15-7-9-17(10-8-15)28(31)32/h2-10,12,20-21H,11,13-14H2,1H3/t20-,21-,23-/m0/s1. The topological polar surface area (TPSA) is 155 Å². The predicted molar refractivity (Wildman–Crippen MR) is 125 cm³/mol. The molecule has 12 nitrogen and oxygen atoms in total. The maximum atomic E-state index is 13.5. The Labute approximate surface area is 205 Å². The maximum absolute atomic E-state index is 13.5. The first-order valence-corrected chi connectivity index (χ1v) is 12.6. The van der Waals surface area contributed by atoms with Crippen molar-refractivity contribution in [2.75, 3.05) is 0 Å². The number of non-ortho nitro benzene ring substituents is 1. The van der Waals surface area contributed by atoms with Crippen LogP contribution in [0.1, 0.15) is 18.9 Å². The van der Waals surface area contributed by atoms with Crippen LogP contribution in [0.25, 0.3) is 11.3 Å². The number of rotatable bonds is 7. The zero-order valence-electron chi connectivity index (χ0n) is 19.1. The van der Waals surface area contributed by atoms with Crippen molar-refractivity contribution in [3.63, 3.8) is 0 Å². The van der Waals surface area contributed by atoms with E-state index in [1.807, 2.05) is 30.3 Å². The van der Waals surface area contributed by atoms with Gasteiger partial charge in [0, 0.05) is 17.7 Å². The van der Waals surface area contributed by atoms with E-state index in [0.29, 0.717) is 11.3 Å². The average molecular weight is 512 g/mol. The lowest BCUT2D eigenvalue weighted by Crippen LogP contribution is -2.58. The molecule has 13 heteroatoms. The summed E-state index contributed by atoms with van der Waals surface area (Å²) in [6, 6.07) is 13.3. The summed E-state index contributed by atoms with van der Waals surface area (Å²) in [5, 5.41) is 17.9. The minimum atomic E-state index is -3.97. The van der Waals surface area contributed by atoms with Gasteiger partial charge in [-0.2, -0.15) is 0 Å². The van der Waals surface area contributed by atoms with Crippen LogP contribution in [-0.4, -0.2) is 61.3 Å². The van der Waals surface area contributed by atoms with Crippen molar-refractivity contribution in [2.24, 2.45) is 0 Å². The van der Waals surface area contributed by atoms with Crippen LogP contribution >= 0.6 is 0 Å². The normalized spacial score (nSPS) is 24.1. The highest BCUT2D eigenvalue weighted by molar-refractivity contribution is 7.93. The second kappa shape index (κ2) is 8.52. The van der Waals surface area contributed by atoms with Gasteiger partial charge < -0.3 is 9.64 Å². The van der Waals surface area contributed by atoms with Crippen LogP contribution < -0.4 is 0 Å². The lowest BCUT2D eigenvalue weighted by molar-refractivity contribution is -0.384. The first-order valence-electron chi connectivity index (χ1n) is 11.0. The summed E-state index contributed by atoms with van der Waals surface area (Å²) in [5.74, 6) is -1.33. The Bertz CT molecular complexity index is 1460. The summed E-state index contributed by atoms with van der Waals surface area (Å²) in [7, 11) is -3.97. The van der Waals surface area contributed by atoms with Gasteiger partial charge in [0.2, 0.25) is 5.91 Å². The zero-order chi connectivity index (χ0) is 25.7. The fourth-order valence-corrected chi connectivity index (χ4v) is 7.01. The van der Waals surface area contributed by atoms with Gasteiger partial charge in [0.25, 0.3) is 5.69 Å². The fourth-order valence-electron chi connectivity index (χ4n) is 4.66. The second-order valence-electron chi connectivity index (χ2n) is 8.92. The molecule has 0 N–H and O–H groups in total. The van der Waals surface area contributed by atoms with E-state index in [2.05, 4.69) is 10.3 Å². The number of fused-ring (bicyclic) bond motifs is 1. The monoisotopic (exact) mass is 511 g/mol. The Morgan fingerprint density at radius 3 is 2.53 bits per heavy atom. The molecule has 0 bridgehead atoms. The van der Waals surface area contributed by atoms with E-state index in [1.54, 1.807) is 6.20 Å². The number of nitrogens with zero attached hydrogens (tertiary/aromatic N) is 5. The van der Waals surface area contributed by atoms with Gasteiger partial charge in [-0.25, -0.2) is 13.2 Å². The number of aromatic nitrogens is 3. The molecule has 5 rings (SSSR count). The number of ether oxygens (including phenoxy) is 1. The SMILES string of the molecule is C[C@]1(Cn2cc(-c3ccccc3)nn2)[C@H](C(=O)OCc2ccc([N+](=O)[O-])cc2)N2C(=O)C[C@@H]2S1(=O)=O. The minimum Gasteiger partial charge on any atom is -0.459 e. The highest BCUT2D eigenvalue weighted by atomic mass is 32.2. The number of nitro groups is 1. The van der Waals surface area contributed by atoms with Gasteiger partial charge in [-0.15, -0.1) is 5.10 Å². The molecule has 0 radical (unpaired) electrons. The molecule has 0 saturated carbocycles. The number of β-lactam (4-membered cyclic amide) rings is 1. The van der Waals surface area contributed by atoms with Crippen molar-refractivity contribution >= 4 is 27.4 Å². The van der Waals surface area contributed by atoms with Crippen molar-refractivity contribution in [2.45, 2.75) is 42.7 Å².